The first-order valence-corrected chi connectivity index (χ1v) is 8.11. The molecule has 0 aromatic heterocycles. The first-order chi connectivity index (χ1) is 8.79. The minimum atomic E-state index is -3.38. The molecule has 1 aromatic rings. The third kappa shape index (κ3) is 3.48. The highest BCUT2D eigenvalue weighted by molar-refractivity contribution is 7.90. The maximum absolute atomic E-state index is 12.1. The fraction of sp³-hybridized carbons (Fsp3) is 0.571. The fourth-order valence-corrected chi connectivity index (χ4v) is 3.48. The Kier molecular flexibility index (Phi) is 3.87. The Morgan fingerprint density at radius 3 is 2.05 bits per heavy atom. The zero-order chi connectivity index (χ0) is 14.1. The smallest absolute Gasteiger partial charge is 0.271 e. The fourth-order valence-electron chi connectivity index (χ4n) is 2.18. The van der Waals surface area contributed by atoms with Crippen LogP contribution in [0.15, 0.2) is 24.3 Å². The third-order valence-corrected chi connectivity index (χ3v) is 4.94. The second kappa shape index (κ2) is 5.13. The van der Waals surface area contributed by atoms with Crippen LogP contribution >= 0.6 is 0 Å². The molecule has 1 heterocycles. The van der Waals surface area contributed by atoms with Gasteiger partial charge in [-0.05, 0) is 36.0 Å². The predicted molar refractivity (Wildman–Crippen MR) is 78.5 cm³/mol. The molecule has 106 valence electrons. The van der Waals surface area contributed by atoms with Crippen LogP contribution in [0.5, 0.6) is 0 Å². The van der Waals surface area contributed by atoms with E-state index in [0.717, 1.165) is 12.8 Å². The van der Waals surface area contributed by atoms with Crippen LogP contribution in [0, 0.1) is 0 Å². The van der Waals surface area contributed by atoms with E-state index in [9.17, 15) is 8.42 Å². The van der Waals surface area contributed by atoms with Gasteiger partial charge in [-0.25, -0.2) is 0 Å². The van der Waals surface area contributed by atoms with Crippen molar-refractivity contribution < 1.29 is 8.42 Å². The van der Waals surface area contributed by atoms with E-state index in [-0.39, 0.29) is 5.41 Å². The Bertz CT molecular complexity index is 524. The van der Waals surface area contributed by atoms with E-state index in [4.69, 9.17) is 0 Å². The molecule has 1 aliphatic heterocycles. The molecule has 2 rings (SSSR count). The van der Waals surface area contributed by atoms with Gasteiger partial charge < -0.3 is 0 Å². The van der Waals surface area contributed by atoms with Crippen LogP contribution in [0.25, 0.3) is 0 Å². The Labute approximate surface area is 116 Å². The van der Waals surface area contributed by atoms with Gasteiger partial charge >= 0.3 is 10.2 Å². The summed E-state index contributed by atoms with van der Waals surface area (Å²) in [5.74, 6) is 0. The van der Waals surface area contributed by atoms with Gasteiger partial charge in [-0.2, -0.15) is 12.7 Å². The average Bonchev–Trinajstić information content (AvgIpc) is 2.82. The van der Waals surface area contributed by atoms with E-state index >= 15 is 0 Å². The molecule has 0 bridgehead atoms. The molecule has 4 nitrogen and oxygen atoms in total. The van der Waals surface area contributed by atoms with Gasteiger partial charge in [0, 0.05) is 18.8 Å². The van der Waals surface area contributed by atoms with Crippen molar-refractivity contribution >= 4 is 15.9 Å². The second-order valence-corrected chi connectivity index (χ2v) is 7.71. The van der Waals surface area contributed by atoms with Crippen molar-refractivity contribution in [2.75, 3.05) is 17.8 Å². The number of nitrogens with one attached hydrogen (secondary N) is 1. The van der Waals surface area contributed by atoms with Gasteiger partial charge in [0.15, 0.2) is 0 Å². The number of anilines is 1. The van der Waals surface area contributed by atoms with Gasteiger partial charge in [-0.15, -0.1) is 0 Å². The van der Waals surface area contributed by atoms with Gasteiger partial charge in [0.2, 0.25) is 0 Å². The summed E-state index contributed by atoms with van der Waals surface area (Å²) >= 11 is 0. The van der Waals surface area contributed by atoms with Crippen molar-refractivity contribution in [2.45, 2.75) is 39.0 Å². The second-order valence-electron chi connectivity index (χ2n) is 6.04. The molecular formula is C14H22N2O2S. The highest BCUT2D eigenvalue weighted by Gasteiger charge is 2.25. The predicted octanol–water partition coefficient (Wildman–Crippen LogP) is 2.74. The van der Waals surface area contributed by atoms with E-state index in [2.05, 4.69) is 25.5 Å². The summed E-state index contributed by atoms with van der Waals surface area (Å²) in [6, 6.07) is 7.60. The van der Waals surface area contributed by atoms with Gasteiger partial charge in [0.25, 0.3) is 0 Å². The largest absolute Gasteiger partial charge is 0.301 e. The van der Waals surface area contributed by atoms with Crippen LogP contribution < -0.4 is 4.72 Å². The standard InChI is InChI=1S/C14H22N2O2S/c1-14(2,3)12-6-8-13(9-7-12)15-19(17,18)16-10-4-5-11-16/h6-9,15H,4-5,10-11H2,1-3H3. The summed E-state index contributed by atoms with van der Waals surface area (Å²) in [7, 11) is -3.38. The highest BCUT2D eigenvalue weighted by atomic mass is 32.2. The molecule has 0 aliphatic carbocycles. The topological polar surface area (TPSA) is 49.4 Å². The molecule has 1 fully saturated rings. The van der Waals surface area contributed by atoms with Gasteiger partial charge in [0.05, 0.1) is 0 Å². The van der Waals surface area contributed by atoms with Gasteiger partial charge in [0.1, 0.15) is 0 Å². The molecular weight excluding hydrogens is 260 g/mol. The van der Waals surface area contributed by atoms with Crippen molar-refractivity contribution in [3.8, 4) is 0 Å². The average molecular weight is 282 g/mol. The summed E-state index contributed by atoms with van der Waals surface area (Å²) in [6.45, 7) is 7.65. The van der Waals surface area contributed by atoms with Crippen LogP contribution in [0.1, 0.15) is 39.2 Å². The van der Waals surface area contributed by atoms with Gasteiger partial charge in [-0.3, -0.25) is 4.72 Å². The lowest BCUT2D eigenvalue weighted by molar-refractivity contribution is 0.482. The molecule has 0 atom stereocenters. The summed E-state index contributed by atoms with van der Waals surface area (Å²) < 4.78 is 28.3. The number of benzene rings is 1. The molecule has 1 aromatic carbocycles. The Morgan fingerprint density at radius 2 is 1.58 bits per heavy atom. The number of hydrogen-bond donors (Lipinski definition) is 1. The maximum atomic E-state index is 12.1. The Balaban J connectivity index is 2.11. The normalized spacial score (nSPS) is 17.6. The highest BCUT2D eigenvalue weighted by Crippen LogP contribution is 2.24. The SMILES string of the molecule is CC(C)(C)c1ccc(NS(=O)(=O)N2CCCC2)cc1. The van der Waals surface area contributed by atoms with Crippen molar-refractivity contribution in [1.29, 1.82) is 0 Å². The molecule has 0 amide bonds. The van der Waals surface area contributed by atoms with E-state index in [0.29, 0.717) is 18.8 Å². The molecule has 1 saturated heterocycles. The lowest BCUT2D eigenvalue weighted by Crippen LogP contribution is -2.33. The lowest BCUT2D eigenvalue weighted by atomic mass is 9.87. The van der Waals surface area contributed by atoms with Crippen molar-refractivity contribution in [3.63, 3.8) is 0 Å². The third-order valence-electron chi connectivity index (χ3n) is 3.40. The van der Waals surface area contributed by atoms with Crippen molar-refractivity contribution in [2.24, 2.45) is 0 Å². The molecule has 0 spiro atoms. The summed E-state index contributed by atoms with van der Waals surface area (Å²) in [5, 5.41) is 0. The molecule has 0 radical (unpaired) electrons. The molecule has 0 unspecified atom stereocenters. The quantitative estimate of drug-likeness (QED) is 0.926. The zero-order valence-electron chi connectivity index (χ0n) is 11.8. The summed E-state index contributed by atoms with van der Waals surface area (Å²) in [5.41, 5.74) is 1.89. The Hall–Kier alpha value is -1.07. The Morgan fingerprint density at radius 1 is 1.05 bits per heavy atom. The monoisotopic (exact) mass is 282 g/mol. The van der Waals surface area contributed by atoms with Crippen LogP contribution in [0.3, 0.4) is 0 Å². The lowest BCUT2D eigenvalue weighted by Gasteiger charge is -2.20. The first-order valence-electron chi connectivity index (χ1n) is 6.67. The van der Waals surface area contributed by atoms with Crippen LogP contribution in [-0.2, 0) is 15.6 Å². The summed E-state index contributed by atoms with van der Waals surface area (Å²) in [6.07, 6.45) is 1.90. The van der Waals surface area contributed by atoms with Crippen LogP contribution in [0.2, 0.25) is 0 Å². The first kappa shape index (κ1) is 14.3. The molecule has 1 N–H and O–H groups in total. The number of rotatable bonds is 3. The zero-order valence-corrected chi connectivity index (χ0v) is 12.6. The maximum Gasteiger partial charge on any atom is 0.301 e. The number of hydrogen-bond acceptors (Lipinski definition) is 2. The molecule has 0 saturated carbocycles. The van der Waals surface area contributed by atoms with E-state index < -0.39 is 10.2 Å². The summed E-state index contributed by atoms with van der Waals surface area (Å²) in [4.78, 5) is 0. The molecule has 5 heteroatoms. The van der Waals surface area contributed by atoms with Gasteiger partial charge in [-0.1, -0.05) is 32.9 Å². The van der Waals surface area contributed by atoms with Crippen LogP contribution in [-0.4, -0.2) is 25.8 Å². The molecule has 19 heavy (non-hydrogen) atoms. The van der Waals surface area contributed by atoms with Crippen LogP contribution in [0.4, 0.5) is 5.69 Å². The van der Waals surface area contributed by atoms with E-state index in [1.165, 1.54) is 9.87 Å². The minimum absolute atomic E-state index is 0.0758. The number of nitrogens with zero attached hydrogens (tertiary/aromatic N) is 1. The van der Waals surface area contributed by atoms with E-state index in [1.807, 2.05) is 24.3 Å². The molecule has 1 aliphatic rings. The van der Waals surface area contributed by atoms with Crippen molar-refractivity contribution in [3.05, 3.63) is 29.8 Å². The van der Waals surface area contributed by atoms with E-state index in [1.54, 1.807) is 0 Å². The van der Waals surface area contributed by atoms with Crippen molar-refractivity contribution in [1.82, 2.24) is 4.31 Å². The minimum Gasteiger partial charge on any atom is -0.271 e.